The molecule has 1 fully saturated rings. The lowest BCUT2D eigenvalue weighted by atomic mass is 10.1. The monoisotopic (exact) mass is 437 g/mol. The van der Waals surface area contributed by atoms with Crippen LogP contribution < -0.4 is 0 Å². The number of carbonyl (C=O) groups is 5. The zero-order valence-corrected chi connectivity index (χ0v) is 18.2. The highest BCUT2D eigenvalue weighted by Gasteiger charge is 2.37. The zero-order chi connectivity index (χ0) is 23.8. The summed E-state index contributed by atoms with van der Waals surface area (Å²) in [5, 5.41) is 0.326. The Morgan fingerprint density at radius 3 is 2.13 bits per heavy atom. The van der Waals surface area contributed by atoms with Crippen molar-refractivity contribution in [2.75, 3.05) is 0 Å². The minimum Gasteiger partial charge on any atom is -0.443 e. The third-order valence-electron chi connectivity index (χ3n) is 3.58. The molecule has 0 aliphatic carbocycles. The second-order valence-corrected chi connectivity index (χ2v) is 7.49. The van der Waals surface area contributed by atoms with Gasteiger partial charge in [-0.1, -0.05) is 30.9 Å². The molecule has 10 heteroatoms. The van der Waals surface area contributed by atoms with Gasteiger partial charge in [-0.15, -0.1) is 5.06 Å². The molecule has 0 aromatic carbocycles. The van der Waals surface area contributed by atoms with Crippen LogP contribution in [0.5, 0.6) is 0 Å². The van der Waals surface area contributed by atoms with Gasteiger partial charge in [0.1, 0.15) is 5.60 Å². The van der Waals surface area contributed by atoms with Crippen LogP contribution in [0.1, 0.15) is 47.5 Å². The van der Waals surface area contributed by atoms with Crippen molar-refractivity contribution >= 4 is 29.9 Å². The molecular formula is C21H27NO9. The van der Waals surface area contributed by atoms with Crippen molar-refractivity contribution in [2.24, 2.45) is 0 Å². The molecule has 2 atom stereocenters. The number of hydrogen-bond acceptors (Lipinski definition) is 9. The molecule has 0 bridgehead atoms. The van der Waals surface area contributed by atoms with E-state index in [-0.39, 0.29) is 18.4 Å². The largest absolute Gasteiger partial charge is 0.509 e. The summed E-state index contributed by atoms with van der Waals surface area (Å²) < 4.78 is 14.9. The number of imide groups is 1. The van der Waals surface area contributed by atoms with E-state index in [0.717, 1.165) is 0 Å². The van der Waals surface area contributed by atoms with E-state index in [1.165, 1.54) is 19.1 Å². The fourth-order valence-electron chi connectivity index (χ4n) is 2.13. The van der Waals surface area contributed by atoms with Crippen molar-refractivity contribution in [3.05, 3.63) is 36.5 Å². The summed E-state index contributed by atoms with van der Waals surface area (Å²) in [7, 11) is 0. The summed E-state index contributed by atoms with van der Waals surface area (Å²) >= 11 is 0. The number of amides is 2. The highest BCUT2D eigenvalue weighted by Crippen LogP contribution is 2.17. The zero-order valence-electron chi connectivity index (χ0n) is 18.2. The standard InChI is InChI=1S/C21H27NO9/c1-7-8-9-10-13(2)17(19(26)31-22-15(23)11-12-16(22)24)29-18(25)14(3)28-20(27)30-21(4,5)6/h7-10,14,17H,2,11-12H2,1,3-6H3/b8-7-,10-9-/t14-,17-/m0/s1. The van der Waals surface area contributed by atoms with Crippen LogP contribution in [0.25, 0.3) is 0 Å². The molecule has 10 nitrogen and oxygen atoms in total. The lowest BCUT2D eigenvalue weighted by Gasteiger charge is -2.23. The van der Waals surface area contributed by atoms with Gasteiger partial charge in [-0.2, -0.15) is 0 Å². The summed E-state index contributed by atoms with van der Waals surface area (Å²) in [6.45, 7) is 11.5. The number of carbonyl (C=O) groups excluding carboxylic acids is 5. The van der Waals surface area contributed by atoms with Crippen LogP contribution in [0.15, 0.2) is 36.5 Å². The summed E-state index contributed by atoms with van der Waals surface area (Å²) in [6.07, 6.45) is 1.84. The second kappa shape index (κ2) is 11.1. The van der Waals surface area contributed by atoms with E-state index in [1.807, 2.05) is 0 Å². The fraction of sp³-hybridized carbons (Fsp3) is 0.476. The van der Waals surface area contributed by atoms with Gasteiger partial charge in [0.25, 0.3) is 11.8 Å². The Bertz CT molecular complexity index is 788. The Balaban J connectivity index is 2.92. The molecule has 1 aliphatic heterocycles. The van der Waals surface area contributed by atoms with Gasteiger partial charge in [-0.25, -0.2) is 14.4 Å². The number of nitrogens with zero attached hydrogens (tertiary/aromatic N) is 1. The van der Waals surface area contributed by atoms with Crippen LogP contribution in [0.2, 0.25) is 0 Å². The highest BCUT2D eigenvalue weighted by atomic mass is 16.8. The van der Waals surface area contributed by atoms with E-state index in [2.05, 4.69) is 6.58 Å². The van der Waals surface area contributed by atoms with Gasteiger partial charge in [0.05, 0.1) is 0 Å². The molecule has 31 heavy (non-hydrogen) atoms. The van der Waals surface area contributed by atoms with E-state index >= 15 is 0 Å². The van der Waals surface area contributed by atoms with Crippen LogP contribution in [0, 0.1) is 0 Å². The average molecular weight is 437 g/mol. The summed E-state index contributed by atoms with van der Waals surface area (Å²) in [4.78, 5) is 64.9. The smallest absolute Gasteiger partial charge is 0.443 e. The highest BCUT2D eigenvalue weighted by molar-refractivity contribution is 6.02. The topological polar surface area (TPSA) is 126 Å². The number of hydroxylamine groups is 2. The first kappa shape index (κ1) is 25.6. The molecular weight excluding hydrogens is 410 g/mol. The first-order valence-corrected chi connectivity index (χ1v) is 9.51. The lowest BCUT2D eigenvalue weighted by molar-refractivity contribution is -0.205. The SMILES string of the molecule is C=C(/C=C\C=C/C)[C@H](OC(=O)[C@H](C)OC(=O)OC(C)(C)C)C(=O)ON1C(=O)CCC1=O. The fourth-order valence-corrected chi connectivity index (χ4v) is 2.13. The first-order valence-electron chi connectivity index (χ1n) is 9.51. The second-order valence-electron chi connectivity index (χ2n) is 7.49. The van der Waals surface area contributed by atoms with E-state index in [0.29, 0.717) is 5.06 Å². The maximum atomic E-state index is 12.5. The average Bonchev–Trinajstić information content (AvgIpc) is 2.96. The minimum absolute atomic E-state index is 0.0000120. The van der Waals surface area contributed by atoms with Gasteiger partial charge in [-0.05, 0) is 40.2 Å². The number of esters is 1. The van der Waals surface area contributed by atoms with Crippen molar-refractivity contribution in [2.45, 2.75) is 65.3 Å². The van der Waals surface area contributed by atoms with Gasteiger partial charge < -0.3 is 19.0 Å². The maximum Gasteiger partial charge on any atom is 0.509 e. The molecule has 0 saturated carbocycles. The van der Waals surface area contributed by atoms with Crippen LogP contribution in [-0.4, -0.2) is 52.8 Å². The molecule has 1 aliphatic rings. The molecule has 0 aromatic rings. The summed E-state index contributed by atoms with van der Waals surface area (Å²) in [5.74, 6) is -3.69. The number of ether oxygens (including phenoxy) is 3. The molecule has 0 radical (unpaired) electrons. The van der Waals surface area contributed by atoms with Gasteiger partial charge >= 0.3 is 18.1 Å². The van der Waals surface area contributed by atoms with E-state index in [1.54, 1.807) is 39.8 Å². The molecule has 0 aromatic heterocycles. The van der Waals surface area contributed by atoms with Gasteiger partial charge in [0.2, 0.25) is 6.10 Å². The maximum absolute atomic E-state index is 12.5. The summed E-state index contributed by atoms with van der Waals surface area (Å²) in [5.41, 5.74) is -0.840. The minimum atomic E-state index is -1.69. The third kappa shape index (κ3) is 8.45. The Labute approximate surface area is 180 Å². The Morgan fingerprint density at radius 2 is 1.61 bits per heavy atom. The predicted molar refractivity (Wildman–Crippen MR) is 107 cm³/mol. The predicted octanol–water partition coefficient (Wildman–Crippen LogP) is 2.53. The number of hydrogen-bond donors (Lipinski definition) is 0. The molecule has 1 saturated heterocycles. The molecule has 0 N–H and O–H groups in total. The molecule has 0 unspecified atom stereocenters. The van der Waals surface area contributed by atoms with Crippen molar-refractivity contribution in [3.8, 4) is 0 Å². The van der Waals surface area contributed by atoms with E-state index in [9.17, 15) is 24.0 Å². The lowest BCUT2D eigenvalue weighted by Crippen LogP contribution is -2.40. The van der Waals surface area contributed by atoms with Crippen molar-refractivity contribution < 1.29 is 43.0 Å². The van der Waals surface area contributed by atoms with Crippen molar-refractivity contribution in [1.29, 1.82) is 0 Å². The molecule has 1 rings (SSSR count). The quantitative estimate of drug-likeness (QED) is 0.320. The normalized spacial score (nSPS) is 16.4. The molecule has 0 spiro atoms. The van der Waals surface area contributed by atoms with Crippen molar-refractivity contribution in [1.82, 2.24) is 5.06 Å². The van der Waals surface area contributed by atoms with Gasteiger partial charge in [-0.3, -0.25) is 9.59 Å². The van der Waals surface area contributed by atoms with Gasteiger partial charge in [0.15, 0.2) is 6.10 Å². The summed E-state index contributed by atoms with van der Waals surface area (Å²) in [6, 6.07) is 0. The molecule has 170 valence electrons. The molecule has 1 heterocycles. The first-order chi connectivity index (χ1) is 14.4. The number of rotatable bonds is 8. The molecule has 2 amide bonds. The van der Waals surface area contributed by atoms with Crippen LogP contribution in [0.3, 0.4) is 0 Å². The Hall–Kier alpha value is -3.43. The van der Waals surface area contributed by atoms with Gasteiger partial charge in [0, 0.05) is 12.8 Å². The Kier molecular flexibility index (Phi) is 9.16. The number of allylic oxidation sites excluding steroid dienone is 3. The van der Waals surface area contributed by atoms with Crippen LogP contribution >= 0.6 is 0 Å². The van der Waals surface area contributed by atoms with Crippen LogP contribution in [-0.2, 0) is 38.2 Å². The van der Waals surface area contributed by atoms with E-state index in [4.69, 9.17) is 19.0 Å². The Morgan fingerprint density at radius 1 is 1.03 bits per heavy atom. The van der Waals surface area contributed by atoms with Crippen molar-refractivity contribution in [3.63, 3.8) is 0 Å². The van der Waals surface area contributed by atoms with E-state index < -0.39 is 47.7 Å². The third-order valence-corrected chi connectivity index (χ3v) is 3.58. The van der Waals surface area contributed by atoms with Crippen LogP contribution in [0.4, 0.5) is 4.79 Å².